The Morgan fingerprint density at radius 1 is 1.21 bits per heavy atom. The third kappa shape index (κ3) is 1.62. The minimum absolute atomic E-state index is 0.723. The van der Waals surface area contributed by atoms with Crippen LogP contribution in [0.25, 0.3) is 0 Å². The molecule has 3 nitrogen and oxygen atoms in total. The lowest BCUT2D eigenvalue weighted by molar-refractivity contribution is 0.412. The van der Waals surface area contributed by atoms with Gasteiger partial charge >= 0.3 is 0 Å². The highest BCUT2D eigenvalue weighted by atomic mass is 16.5. The molecule has 0 aromatic heterocycles. The van der Waals surface area contributed by atoms with Crippen molar-refractivity contribution in [3.63, 3.8) is 0 Å². The number of nitrogens with two attached hydrogens (primary N) is 2. The maximum atomic E-state index is 5.97. The molecule has 14 heavy (non-hydrogen) atoms. The monoisotopic (exact) mass is 194 g/mol. The van der Waals surface area contributed by atoms with Crippen molar-refractivity contribution in [2.75, 3.05) is 18.6 Å². The summed E-state index contributed by atoms with van der Waals surface area (Å²) in [6.45, 7) is 4.09. The molecule has 0 heterocycles. The fourth-order valence-electron chi connectivity index (χ4n) is 1.68. The van der Waals surface area contributed by atoms with E-state index in [0.29, 0.717) is 0 Å². The van der Waals surface area contributed by atoms with Crippen LogP contribution in [0.1, 0.15) is 25.0 Å². The molecule has 3 heteroatoms. The van der Waals surface area contributed by atoms with Gasteiger partial charge in [0.1, 0.15) is 5.75 Å². The van der Waals surface area contributed by atoms with E-state index in [1.165, 1.54) is 0 Å². The SMILES string of the molecule is CCc1cc(N)c(CC)c(OC)c1N. The standard InChI is InChI=1S/C11H18N2O/c1-4-7-6-9(12)8(5-2)11(14-3)10(7)13/h6H,4-5,12-13H2,1-3H3. The topological polar surface area (TPSA) is 61.3 Å². The molecule has 0 aliphatic heterocycles. The number of hydrogen-bond donors (Lipinski definition) is 2. The van der Waals surface area contributed by atoms with Gasteiger partial charge in [-0.05, 0) is 24.5 Å². The number of hydrogen-bond acceptors (Lipinski definition) is 3. The lowest BCUT2D eigenvalue weighted by Crippen LogP contribution is -2.04. The molecule has 1 aromatic carbocycles. The number of benzene rings is 1. The fourth-order valence-corrected chi connectivity index (χ4v) is 1.68. The molecule has 0 unspecified atom stereocenters. The van der Waals surface area contributed by atoms with Gasteiger partial charge in [0.15, 0.2) is 0 Å². The Hall–Kier alpha value is -1.38. The number of anilines is 2. The molecule has 0 saturated heterocycles. The van der Waals surface area contributed by atoms with Crippen molar-refractivity contribution in [2.24, 2.45) is 0 Å². The van der Waals surface area contributed by atoms with Crippen LogP contribution in [0.15, 0.2) is 6.07 Å². The first-order valence-electron chi connectivity index (χ1n) is 4.89. The summed E-state index contributed by atoms with van der Waals surface area (Å²) in [6.07, 6.45) is 1.71. The van der Waals surface area contributed by atoms with E-state index in [-0.39, 0.29) is 0 Å². The fraction of sp³-hybridized carbons (Fsp3) is 0.455. The van der Waals surface area contributed by atoms with Crippen LogP contribution in [0, 0.1) is 0 Å². The van der Waals surface area contributed by atoms with E-state index >= 15 is 0 Å². The minimum Gasteiger partial charge on any atom is -0.494 e. The van der Waals surface area contributed by atoms with Gasteiger partial charge in [0.2, 0.25) is 0 Å². The summed E-state index contributed by atoms with van der Waals surface area (Å²) in [5, 5.41) is 0. The maximum Gasteiger partial charge on any atom is 0.147 e. The summed E-state index contributed by atoms with van der Waals surface area (Å²) in [6, 6.07) is 1.94. The van der Waals surface area contributed by atoms with Crippen LogP contribution in [-0.2, 0) is 12.8 Å². The molecule has 0 aliphatic rings. The predicted octanol–water partition coefficient (Wildman–Crippen LogP) is 1.98. The van der Waals surface area contributed by atoms with Gasteiger partial charge < -0.3 is 16.2 Å². The number of ether oxygens (including phenoxy) is 1. The van der Waals surface area contributed by atoms with Crippen molar-refractivity contribution in [3.8, 4) is 5.75 Å². The Morgan fingerprint density at radius 3 is 2.29 bits per heavy atom. The van der Waals surface area contributed by atoms with Gasteiger partial charge in [0, 0.05) is 11.3 Å². The Kier molecular flexibility index (Phi) is 3.23. The first-order valence-corrected chi connectivity index (χ1v) is 4.89. The van der Waals surface area contributed by atoms with E-state index in [4.69, 9.17) is 16.2 Å². The molecule has 1 rings (SSSR count). The second-order valence-corrected chi connectivity index (χ2v) is 3.26. The van der Waals surface area contributed by atoms with Gasteiger partial charge in [-0.1, -0.05) is 13.8 Å². The average molecular weight is 194 g/mol. The lowest BCUT2D eigenvalue weighted by Gasteiger charge is -2.15. The van der Waals surface area contributed by atoms with Crippen LogP contribution in [0.3, 0.4) is 0 Å². The highest BCUT2D eigenvalue weighted by molar-refractivity contribution is 5.70. The van der Waals surface area contributed by atoms with Gasteiger partial charge in [0.25, 0.3) is 0 Å². The Morgan fingerprint density at radius 2 is 1.86 bits per heavy atom. The quantitative estimate of drug-likeness (QED) is 0.723. The first kappa shape index (κ1) is 10.7. The minimum atomic E-state index is 0.723. The van der Waals surface area contributed by atoms with Crippen LogP contribution in [0.2, 0.25) is 0 Å². The molecule has 4 N–H and O–H groups in total. The maximum absolute atomic E-state index is 5.97. The zero-order chi connectivity index (χ0) is 10.7. The molecule has 78 valence electrons. The van der Waals surface area contributed by atoms with Crippen LogP contribution < -0.4 is 16.2 Å². The third-order valence-electron chi connectivity index (χ3n) is 2.48. The summed E-state index contributed by atoms with van der Waals surface area (Å²) >= 11 is 0. The predicted molar refractivity (Wildman–Crippen MR) is 60.6 cm³/mol. The molecule has 0 aliphatic carbocycles. The van der Waals surface area contributed by atoms with E-state index in [0.717, 1.165) is 41.1 Å². The largest absolute Gasteiger partial charge is 0.494 e. The normalized spacial score (nSPS) is 10.2. The van der Waals surface area contributed by atoms with Crippen molar-refractivity contribution in [1.29, 1.82) is 0 Å². The van der Waals surface area contributed by atoms with E-state index in [1.54, 1.807) is 7.11 Å². The first-order chi connectivity index (χ1) is 6.65. The van der Waals surface area contributed by atoms with Crippen LogP contribution in [0.5, 0.6) is 5.75 Å². The summed E-state index contributed by atoms with van der Waals surface area (Å²) in [4.78, 5) is 0. The third-order valence-corrected chi connectivity index (χ3v) is 2.48. The molecule has 0 atom stereocenters. The van der Waals surface area contributed by atoms with E-state index in [2.05, 4.69) is 6.92 Å². The highest BCUT2D eigenvalue weighted by Crippen LogP contribution is 2.34. The van der Waals surface area contributed by atoms with Crippen LogP contribution >= 0.6 is 0 Å². The summed E-state index contributed by atoms with van der Waals surface area (Å²) in [5.74, 6) is 0.740. The molecular weight excluding hydrogens is 176 g/mol. The van der Waals surface area contributed by atoms with E-state index in [1.807, 2.05) is 13.0 Å². The van der Waals surface area contributed by atoms with Crippen molar-refractivity contribution < 1.29 is 4.74 Å². The van der Waals surface area contributed by atoms with Gasteiger partial charge in [-0.25, -0.2) is 0 Å². The Labute approximate surface area is 85.0 Å². The molecule has 0 saturated carbocycles. The lowest BCUT2D eigenvalue weighted by atomic mass is 10.0. The molecular formula is C11H18N2O. The molecule has 0 bridgehead atoms. The van der Waals surface area contributed by atoms with Gasteiger partial charge in [-0.15, -0.1) is 0 Å². The second kappa shape index (κ2) is 4.22. The van der Waals surface area contributed by atoms with Crippen molar-refractivity contribution in [2.45, 2.75) is 26.7 Å². The zero-order valence-electron chi connectivity index (χ0n) is 9.05. The highest BCUT2D eigenvalue weighted by Gasteiger charge is 2.12. The van der Waals surface area contributed by atoms with Crippen molar-refractivity contribution in [3.05, 3.63) is 17.2 Å². The number of nitrogen functional groups attached to an aromatic ring is 2. The molecule has 0 fully saturated rings. The zero-order valence-corrected chi connectivity index (χ0v) is 9.05. The van der Waals surface area contributed by atoms with Crippen molar-refractivity contribution >= 4 is 11.4 Å². The van der Waals surface area contributed by atoms with E-state index < -0.39 is 0 Å². The summed E-state index contributed by atoms with van der Waals surface area (Å²) in [5.41, 5.74) is 15.4. The number of methoxy groups -OCH3 is 1. The van der Waals surface area contributed by atoms with Crippen molar-refractivity contribution in [1.82, 2.24) is 0 Å². The molecule has 0 radical (unpaired) electrons. The van der Waals surface area contributed by atoms with E-state index in [9.17, 15) is 0 Å². The molecule has 1 aromatic rings. The Bertz CT molecular complexity index is 335. The van der Waals surface area contributed by atoms with Crippen LogP contribution in [-0.4, -0.2) is 7.11 Å². The summed E-state index contributed by atoms with van der Waals surface area (Å²) < 4.78 is 5.29. The summed E-state index contributed by atoms with van der Waals surface area (Å²) in [7, 11) is 1.63. The van der Waals surface area contributed by atoms with Gasteiger partial charge in [-0.2, -0.15) is 0 Å². The van der Waals surface area contributed by atoms with Crippen LogP contribution in [0.4, 0.5) is 11.4 Å². The number of aryl methyl sites for hydroxylation is 1. The average Bonchev–Trinajstić information content (AvgIpc) is 2.20. The molecule has 0 spiro atoms. The van der Waals surface area contributed by atoms with Gasteiger partial charge in [0.05, 0.1) is 12.8 Å². The smallest absolute Gasteiger partial charge is 0.147 e. The molecule has 0 amide bonds. The van der Waals surface area contributed by atoms with Gasteiger partial charge in [-0.3, -0.25) is 0 Å². The number of rotatable bonds is 3. The second-order valence-electron chi connectivity index (χ2n) is 3.26. The Balaban J connectivity index is 3.40.